The first-order valence-corrected chi connectivity index (χ1v) is 7.12. The van der Waals surface area contributed by atoms with Crippen LogP contribution in [0.5, 0.6) is 0 Å². The van der Waals surface area contributed by atoms with Crippen LogP contribution in [0.4, 0.5) is 5.69 Å². The molecular formula is C14H20BrN3O2. The van der Waals surface area contributed by atoms with E-state index < -0.39 is 5.92 Å². The largest absolute Gasteiger partial charge is 0.409 e. The number of hydrogen-bond donors (Lipinski definition) is 3. The molecule has 0 heterocycles. The van der Waals surface area contributed by atoms with Crippen molar-refractivity contribution in [3.8, 4) is 0 Å². The van der Waals surface area contributed by atoms with Gasteiger partial charge in [0, 0.05) is 4.47 Å². The lowest BCUT2D eigenvalue weighted by Gasteiger charge is -2.20. The van der Waals surface area contributed by atoms with Gasteiger partial charge in [-0.15, -0.1) is 0 Å². The molecule has 6 heteroatoms. The highest BCUT2D eigenvalue weighted by Gasteiger charge is 2.27. The van der Waals surface area contributed by atoms with E-state index >= 15 is 0 Å². The maximum atomic E-state index is 12.3. The van der Waals surface area contributed by atoms with E-state index in [1.807, 2.05) is 39.8 Å². The van der Waals surface area contributed by atoms with E-state index in [9.17, 15) is 4.79 Å². The Balaban J connectivity index is 3.06. The van der Waals surface area contributed by atoms with Crippen LogP contribution in [0.25, 0.3) is 0 Å². The van der Waals surface area contributed by atoms with E-state index in [0.717, 1.165) is 15.6 Å². The molecule has 1 rings (SSSR count). The first-order chi connectivity index (χ1) is 9.27. The van der Waals surface area contributed by atoms with Crippen LogP contribution in [0.1, 0.15) is 25.0 Å². The van der Waals surface area contributed by atoms with Gasteiger partial charge in [-0.05, 0) is 52.9 Å². The van der Waals surface area contributed by atoms with E-state index in [4.69, 9.17) is 10.9 Å². The summed E-state index contributed by atoms with van der Waals surface area (Å²) in [5.41, 5.74) is 8.36. The third kappa shape index (κ3) is 3.72. The first kappa shape index (κ1) is 16.5. The smallest absolute Gasteiger partial charge is 0.235 e. The van der Waals surface area contributed by atoms with Gasteiger partial charge in [0.1, 0.15) is 5.92 Å². The third-order valence-electron chi connectivity index (χ3n) is 3.06. The Morgan fingerprint density at radius 1 is 1.40 bits per heavy atom. The molecule has 0 aliphatic rings. The number of oxime groups is 1. The molecule has 0 aromatic heterocycles. The molecule has 1 amide bonds. The highest BCUT2D eigenvalue weighted by molar-refractivity contribution is 9.10. The van der Waals surface area contributed by atoms with E-state index in [2.05, 4.69) is 26.4 Å². The highest BCUT2D eigenvalue weighted by atomic mass is 79.9. The van der Waals surface area contributed by atoms with Crippen LogP contribution in [-0.2, 0) is 4.79 Å². The lowest BCUT2D eigenvalue weighted by molar-refractivity contribution is -0.119. The summed E-state index contributed by atoms with van der Waals surface area (Å²) in [6, 6.07) is 3.91. The van der Waals surface area contributed by atoms with Gasteiger partial charge in [0.05, 0.1) is 5.69 Å². The van der Waals surface area contributed by atoms with Crippen LogP contribution in [-0.4, -0.2) is 17.0 Å². The molecule has 0 saturated carbocycles. The van der Waals surface area contributed by atoms with Crippen molar-refractivity contribution in [3.63, 3.8) is 0 Å². The number of amidine groups is 1. The van der Waals surface area contributed by atoms with Gasteiger partial charge < -0.3 is 16.3 Å². The fourth-order valence-electron chi connectivity index (χ4n) is 2.12. The first-order valence-electron chi connectivity index (χ1n) is 6.33. The number of halogens is 1. The molecule has 0 radical (unpaired) electrons. The Hall–Kier alpha value is -1.56. The molecule has 4 N–H and O–H groups in total. The van der Waals surface area contributed by atoms with Gasteiger partial charge in [0.15, 0.2) is 5.84 Å². The predicted octanol–water partition coefficient (Wildman–Crippen LogP) is 3.02. The Morgan fingerprint density at radius 2 is 2.00 bits per heavy atom. The maximum absolute atomic E-state index is 12.3. The average molecular weight is 342 g/mol. The average Bonchev–Trinajstić information content (AvgIpc) is 2.33. The van der Waals surface area contributed by atoms with Crippen LogP contribution in [0, 0.1) is 25.7 Å². The number of aryl methyl sites for hydroxylation is 2. The number of nitrogens with two attached hydrogens (primary N) is 1. The summed E-state index contributed by atoms with van der Waals surface area (Å²) in [5, 5.41) is 14.6. The third-order valence-corrected chi connectivity index (χ3v) is 3.69. The van der Waals surface area contributed by atoms with E-state index in [-0.39, 0.29) is 17.7 Å². The zero-order valence-corrected chi connectivity index (χ0v) is 13.7. The zero-order valence-electron chi connectivity index (χ0n) is 12.1. The topological polar surface area (TPSA) is 87.7 Å². The summed E-state index contributed by atoms with van der Waals surface area (Å²) in [5.74, 6) is -1.12. The van der Waals surface area contributed by atoms with Gasteiger partial charge in [-0.2, -0.15) is 0 Å². The number of nitrogens with zero attached hydrogens (tertiary/aromatic N) is 1. The SMILES string of the molecule is Cc1cc(C)c(NC(=O)C(C(N)=NO)C(C)C)c(Br)c1. The lowest BCUT2D eigenvalue weighted by atomic mass is 9.93. The van der Waals surface area contributed by atoms with Gasteiger partial charge >= 0.3 is 0 Å². The van der Waals surface area contributed by atoms with Crippen molar-refractivity contribution < 1.29 is 10.0 Å². The van der Waals surface area contributed by atoms with Crippen molar-refractivity contribution in [3.05, 3.63) is 27.7 Å². The van der Waals surface area contributed by atoms with Crippen molar-refractivity contribution in [1.29, 1.82) is 0 Å². The van der Waals surface area contributed by atoms with Crippen LogP contribution in [0.3, 0.4) is 0 Å². The zero-order chi connectivity index (χ0) is 15.4. The normalized spacial score (nSPS) is 13.4. The fourth-order valence-corrected chi connectivity index (χ4v) is 2.89. The van der Waals surface area contributed by atoms with E-state index in [1.54, 1.807) is 0 Å². The number of nitrogens with one attached hydrogen (secondary N) is 1. The van der Waals surface area contributed by atoms with Crippen molar-refractivity contribution in [1.82, 2.24) is 0 Å². The molecule has 0 saturated heterocycles. The fraction of sp³-hybridized carbons (Fsp3) is 0.429. The Kier molecular flexibility index (Phi) is 5.56. The quantitative estimate of drug-likeness (QED) is 0.340. The number of hydrogen-bond acceptors (Lipinski definition) is 3. The summed E-state index contributed by atoms with van der Waals surface area (Å²) in [7, 11) is 0. The van der Waals surface area contributed by atoms with Crippen LogP contribution < -0.4 is 11.1 Å². The van der Waals surface area contributed by atoms with E-state index in [1.165, 1.54) is 0 Å². The Morgan fingerprint density at radius 3 is 2.45 bits per heavy atom. The number of carbonyl (C=O) groups excluding carboxylic acids is 1. The molecule has 20 heavy (non-hydrogen) atoms. The summed E-state index contributed by atoms with van der Waals surface area (Å²) in [6.45, 7) is 7.59. The summed E-state index contributed by atoms with van der Waals surface area (Å²) in [6.07, 6.45) is 0. The van der Waals surface area contributed by atoms with Gasteiger partial charge in [-0.1, -0.05) is 25.1 Å². The molecular weight excluding hydrogens is 322 g/mol. The van der Waals surface area contributed by atoms with Crippen molar-refractivity contribution >= 4 is 33.4 Å². The van der Waals surface area contributed by atoms with E-state index in [0.29, 0.717) is 5.69 Å². The van der Waals surface area contributed by atoms with Gasteiger partial charge in [0.2, 0.25) is 5.91 Å². The molecule has 1 atom stereocenters. The predicted molar refractivity (Wildman–Crippen MR) is 84.0 cm³/mol. The van der Waals surface area contributed by atoms with Gasteiger partial charge in [0.25, 0.3) is 0 Å². The summed E-state index contributed by atoms with van der Waals surface area (Å²) in [4.78, 5) is 12.3. The van der Waals surface area contributed by atoms with Crippen LogP contribution in [0.2, 0.25) is 0 Å². The summed E-state index contributed by atoms with van der Waals surface area (Å²) < 4.78 is 0.811. The second-order valence-electron chi connectivity index (χ2n) is 5.17. The van der Waals surface area contributed by atoms with Crippen LogP contribution in [0.15, 0.2) is 21.8 Å². The molecule has 1 unspecified atom stereocenters. The number of amides is 1. The lowest BCUT2D eigenvalue weighted by Crippen LogP contribution is -2.38. The molecule has 0 spiro atoms. The maximum Gasteiger partial charge on any atom is 0.235 e. The second kappa shape index (κ2) is 6.74. The number of benzene rings is 1. The minimum atomic E-state index is -0.674. The molecule has 0 aliphatic heterocycles. The molecule has 1 aromatic rings. The molecule has 110 valence electrons. The highest BCUT2D eigenvalue weighted by Crippen LogP contribution is 2.28. The molecule has 1 aromatic carbocycles. The van der Waals surface area contributed by atoms with Gasteiger partial charge in [-0.3, -0.25) is 4.79 Å². The van der Waals surface area contributed by atoms with Crippen molar-refractivity contribution in [2.45, 2.75) is 27.7 Å². The minimum absolute atomic E-state index is 0.0737. The molecule has 0 bridgehead atoms. The van der Waals surface area contributed by atoms with Crippen LogP contribution >= 0.6 is 15.9 Å². The second-order valence-corrected chi connectivity index (χ2v) is 6.03. The Bertz CT molecular complexity index is 518. The molecule has 0 fully saturated rings. The number of rotatable bonds is 4. The number of carbonyl (C=O) groups is 1. The monoisotopic (exact) mass is 341 g/mol. The molecule has 5 nitrogen and oxygen atoms in total. The standard InChI is InChI=1S/C14H20BrN3O2/c1-7(2)11(13(16)18-20)14(19)17-12-9(4)5-8(3)6-10(12)15/h5-7,11,20H,1-4H3,(H2,16,18)(H,17,19). The minimum Gasteiger partial charge on any atom is -0.409 e. The summed E-state index contributed by atoms with van der Waals surface area (Å²) >= 11 is 3.44. The Labute approximate surface area is 127 Å². The van der Waals surface area contributed by atoms with Gasteiger partial charge in [-0.25, -0.2) is 0 Å². The molecule has 0 aliphatic carbocycles. The number of anilines is 1. The van der Waals surface area contributed by atoms with Crippen molar-refractivity contribution in [2.75, 3.05) is 5.32 Å². The van der Waals surface area contributed by atoms with Crippen molar-refractivity contribution in [2.24, 2.45) is 22.7 Å².